The highest BCUT2D eigenvalue weighted by Crippen LogP contribution is 2.37. The summed E-state index contributed by atoms with van der Waals surface area (Å²) in [5, 5.41) is 22.4. The van der Waals surface area contributed by atoms with Crippen LogP contribution in [0, 0.1) is 0 Å². The molecular formula is C12H12Cl2N4O2. The maximum atomic E-state index is 11.2. The average Bonchev–Trinajstić information content (AvgIpc) is 2.79. The van der Waals surface area contributed by atoms with Crippen LogP contribution in [-0.4, -0.2) is 23.3 Å². The van der Waals surface area contributed by atoms with Crippen LogP contribution in [0.5, 0.6) is 0 Å². The Morgan fingerprint density at radius 2 is 2.20 bits per heavy atom. The van der Waals surface area contributed by atoms with Crippen molar-refractivity contribution in [2.45, 2.75) is 24.5 Å². The van der Waals surface area contributed by atoms with Gasteiger partial charge in [-0.15, -0.1) is 5.10 Å². The molecule has 2 rings (SSSR count). The normalized spacial score (nSPS) is 20.1. The van der Waals surface area contributed by atoms with Gasteiger partial charge in [-0.2, -0.15) is 5.11 Å². The summed E-state index contributed by atoms with van der Waals surface area (Å²) in [6.07, 6.45) is 1.30. The molecule has 2 unspecified atom stereocenters. The number of halogens is 2. The Morgan fingerprint density at radius 1 is 1.45 bits per heavy atom. The molecule has 1 aliphatic rings. The standard InChI is InChI=1S/C12H12Cl2N4O2/c13-7-1-2-9(10(14)3-7)12(20,5-11(15)19)4-8-6-16-18-17-8/h1-3,6,8,20H,4-5H2,(H2,15,19). The summed E-state index contributed by atoms with van der Waals surface area (Å²) in [4.78, 5) is 11.2. The van der Waals surface area contributed by atoms with E-state index in [1.54, 1.807) is 12.1 Å². The molecule has 0 saturated heterocycles. The van der Waals surface area contributed by atoms with Crippen LogP contribution in [0.15, 0.2) is 33.6 Å². The van der Waals surface area contributed by atoms with Crippen molar-refractivity contribution in [3.63, 3.8) is 0 Å². The molecule has 0 aromatic heterocycles. The predicted octanol–water partition coefficient (Wildman–Crippen LogP) is 2.27. The molecule has 0 aliphatic carbocycles. The molecule has 20 heavy (non-hydrogen) atoms. The second kappa shape index (κ2) is 5.87. The Hall–Kier alpha value is -1.50. The molecule has 1 heterocycles. The van der Waals surface area contributed by atoms with E-state index in [0.717, 1.165) is 0 Å². The highest BCUT2D eigenvalue weighted by Gasteiger charge is 2.36. The lowest BCUT2D eigenvalue weighted by molar-refractivity contribution is -0.123. The van der Waals surface area contributed by atoms with Gasteiger partial charge in [0.1, 0.15) is 11.6 Å². The second-order valence-electron chi connectivity index (χ2n) is 4.54. The van der Waals surface area contributed by atoms with Gasteiger partial charge in [0.25, 0.3) is 0 Å². The van der Waals surface area contributed by atoms with Crippen LogP contribution in [0.3, 0.4) is 0 Å². The lowest BCUT2D eigenvalue weighted by Crippen LogP contribution is -2.35. The van der Waals surface area contributed by atoms with Crippen molar-refractivity contribution < 1.29 is 9.90 Å². The molecule has 0 radical (unpaired) electrons. The number of nitrogens with zero attached hydrogens (tertiary/aromatic N) is 3. The topological polar surface area (TPSA) is 100 Å². The fourth-order valence-corrected chi connectivity index (χ4v) is 2.69. The highest BCUT2D eigenvalue weighted by molar-refractivity contribution is 6.35. The summed E-state index contributed by atoms with van der Waals surface area (Å²) in [6, 6.07) is 4.22. The van der Waals surface area contributed by atoms with E-state index < -0.39 is 17.6 Å². The number of carbonyl (C=O) groups is 1. The molecular weight excluding hydrogens is 303 g/mol. The molecule has 1 aromatic rings. The Kier molecular flexibility index (Phi) is 4.37. The zero-order valence-corrected chi connectivity index (χ0v) is 11.8. The Balaban J connectivity index is 2.36. The number of amides is 1. The van der Waals surface area contributed by atoms with Gasteiger partial charge >= 0.3 is 0 Å². The minimum atomic E-state index is -1.55. The van der Waals surface area contributed by atoms with Gasteiger partial charge in [-0.3, -0.25) is 4.79 Å². The number of hydrogen-bond acceptors (Lipinski definition) is 5. The number of nitrogens with two attached hydrogens (primary N) is 1. The molecule has 0 spiro atoms. The van der Waals surface area contributed by atoms with E-state index in [9.17, 15) is 9.90 Å². The van der Waals surface area contributed by atoms with Crippen molar-refractivity contribution in [2.75, 3.05) is 0 Å². The van der Waals surface area contributed by atoms with Crippen molar-refractivity contribution in [1.82, 2.24) is 0 Å². The summed E-state index contributed by atoms with van der Waals surface area (Å²) in [5.74, 6) is -0.648. The van der Waals surface area contributed by atoms with Crippen LogP contribution in [0.25, 0.3) is 0 Å². The van der Waals surface area contributed by atoms with Crippen LogP contribution in [0.4, 0.5) is 0 Å². The molecule has 6 nitrogen and oxygen atoms in total. The van der Waals surface area contributed by atoms with Crippen LogP contribution in [0.2, 0.25) is 10.0 Å². The number of aliphatic hydroxyl groups is 1. The monoisotopic (exact) mass is 314 g/mol. The van der Waals surface area contributed by atoms with Crippen molar-refractivity contribution in [3.05, 3.63) is 33.8 Å². The first-order valence-corrected chi connectivity index (χ1v) is 6.56. The zero-order chi connectivity index (χ0) is 14.8. The average molecular weight is 315 g/mol. The van der Waals surface area contributed by atoms with Crippen molar-refractivity contribution >= 4 is 35.3 Å². The van der Waals surface area contributed by atoms with Crippen molar-refractivity contribution in [3.8, 4) is 0 Å². The molecule has 8 heteroatoms. The van der Waals surface area contributed by atoms with E-state index in [1.165, 1.54) is 12.3 Å². The van der Waals surface area contributed by atoms with Gasteiger partial charge in [0.05, 0.1) is 12.6 Å². The fraction of sp³-hybridized carbons (Fsp3) is 0.333. The maximum absolute atomic E-state index is 11.2. The minimum absolute atomic E-state index is 0.101. The SMILES string of the molecule is NC(=O)CC(O)(CC1C=NN=N1)c1ccc(Cl)cc1Cl. The summed E-state index contributed by atoms with van der Waals surface area (Å²) < 4.78 is 0. The Labute approximate surface area is 125 Å². The first kappa shape index (κ1) is 14.9. The summed E-state index contributed by atoms with van der Waals surface area (Å²) in [5.41, 5.74) is 4.04. The first-order valence-electron chi connectivity index (χ1n) is 5.80. The smallest absolute Gasteiger partial charge is 0.220 e. The van der Waals surface area contributed by atoms with Crippen LogP contribution >= 0.6 is 23.2 Å². The van der Waals surface area contributed by atoms with Gasteiger partial charge in [0.2, 0.25) is 5.91 Å². The molecule has 1 aliphatic heterocycles. The number of hydrogen-bond donors (Lipinski definition) is 2. The maximum Gasteiger partial charge on any atom is 0.220 e. The van der Waals surface area contributed by atoms with Crippen molar-refractivity contribution in [1.29, 1.82) is 0 Å². The number of primary amides is 1. The van der Waals surface area contributed by atoms with Gasteiger partial charge in [0, 0.05) is 22.0 Å². The number of carbonyl (C=O) groups excluding carboxylic acids is 1. The largest absolute Gasteiger partial charge is 0.384 e. The first-order chi connectivity index (χ1) is 9.40. The lowest BCUT2D eigenvalue weighted by atomic mass is 9.84. The molecule has 3 N–H and O–H groups in total. The van der Waals surface area contributed by atoms with Gasteiger partial charge in [0.15, 0.2) is 0 Å². The molecule has 106 valence electrons. The molecule has 0 bridgehead atoms. The highest BCUT2D eigenvalue weighted by atomic mass is 35.5. The third-order valence-corrected chi connectivity index (χ3v) is 3.48. The quantitative estimate of drug-likeness (QED) is 0.871. The van der Waals surface area contributed by atoms with Crippen LogP contribution in [-0.2, 0) is 10.4 Å². The van der Waals surface area contributed by atoms with Crippen LogP contribution < -0.4 is 5.73 Å². The van der Waals surface area contributed by atoms with E-state index in [2.05, 4.69) is 15.4 Å². The zero-order valence-electron chi connectivity index (χ0n) is 10.3. The minimum Gasteiger partial charge on any atom is -0.384 e. The molecule has 0 saturated carbocycles. The van der Waals surface area contributed by atoms with Crippen molar-refractivity contribution in [2.24, 2.45) is 21.2 Å². The Morgan fingerprint density at radius 3 is 2.75 bits per heavy atom. The van der Waals surface area contributed by atoms with Gasteiger partial charge < -0.3 is 10.8 Å². The van der Waals surface area contributed by atoms with E-state index in [0.29, 0.717) is 10.6 Å². The summed E-state index contributed by atoms with van der Waals surface area (Å²) in [7, 11) is 0. The molecule has 1 aromatic carbocycles. The summed E-state index contributed by atoms with van der Waals surface area (Å²) in [6.45, 7) is 0. The molecule has 0 fully saturated rings. The Bertz CT molecular complexity index is 579. The second-order valence-corrected chi connectivity index (χ2v) is 5.38. The predicted molar refractivity (Wildman–Crippen MR) is 75.9 cm³/mol. The van der Waals surface area contributed by atoms with Gasteiger partial charge in [-0.1, -0.05) is 29.3 Å². The van der Waals surface area contributed by atoms with Gasteiger partial charge in [-0.25, -0.2) is 0 Å². The third kappa shape index (κ3) is 3.33. The molecule has 1 amide bonds. The lowest BCUT2D eigenvalue weighted by Gasteiger charge is -2.29. The van der Waals surface area contributed by atoms with E-state index in [4.69, 9.17) is 28.9 Å². The van der Waals surface area contributed by atoms with E-state index in [-0.39, 0.29) is 17.9 Å². The van der Waals surface area contributed by atoms with Crippen LogP contribution in [0.1, 0.15) is 18.4 Å². The fourth-order valence-electron chi connectivity index (χ4n) is 2.10. The third-order valence-electron chi connectivity index (χ3n) is 2.94. The van der Waals surface area contributed by atoms with Gasteiger partial charge in [-0.05, 0) is 17.4 Å². The number of benzene rings is 1. The summed E-state index contributed by atoms with van der Waals surface area (Å²) >= 11 is 11.9. The number of rotatable bonds is 5. The van der Waals surface area contributed by atoms with E-state index >= 15 is 0 Å². The van der Waals surface area contributed by atoms with E-state index in [1.807, 2.05) is 0 Å². The molecule has 2 atom stereocenters.